The van der Waals surface area contributed by atoms with Crippen LogP contribution in [0, 0.1) is 0 Å². The highest BCUT2D eigenvalue weighted by molar-refractivity contribution is 6.00. The number of nitrogens with zero attached hydrogens (tertiary/aromatic N) is 1. The normalized spacial score (nSPS) is 10.6. The second-order valence-corrected chi connectivity index (χ2v) is 4.95. The van der Waals surface area contributed by atoms with Crippen molar-refractivity contribution in [1.29, 1.82) is 0 Å². The number of rotatable bonds is 5. The van der Waals surface area contributed by atoms with Crippen LogP contribution in [0.2, 0.25) is 0 Å². The molecule has 6 heteroatoms. The number of nitrogens with two attached hydrogens (primary N) is 1. The highest BCUT2D eigenvalue weighted by Crippen LogP contribution is 2.18. The molecular weight excluding hydrogens is 270 g/mol. The molecule has 0 saturated heterocycles. The molecule has 3 N–H and O–H groups in total. The smallest absolute Gasteiger partial charge is 0.346 e. The van der Waals surface area contributed by atoms with Crippen LogP contribution in [0.1, 0.15) is 35.7 Å². The molecule has 0 unspecified atom stereocenters. The fourth-order valence-electron chi connectivity index (χ4n) is 1.81. The van der Waals surface area contributed by atoms with Gasteiger partial charge >= 0.3 is 5.69 Å². The Morgan fingerprint density at radius 3 is 2.57 bits per heavy atom. The van der Waals surface area contributed by atoms with Crippen LogP contribution in [-0.2, 0) is 0 Å². The van der Waals surface area contributed by atoms with Gasteiger partial charge in [-0.05, 0) is 23.6 Å². The van der Waals surface area contributed by atoms with Crippen molar-refractivity contribution in [3.8, 4) is 5.75 Å². The van der Waals surface area contributed by atoms with Gasteiger partial charge in [-0.2, -0.15) is 0 Å². The zero-order valence-electron chi connectivity index (χ0n) is 11.9. The van der Waals surface area contributed by atoms with E-state index in [2.05, 4.69) is 23.8 Å². The molecule has 0 saturated carbocycles. The van der Waals surface area contributed by atoms with Crippen molar-refractivity contribution in [2.45, 2.75) is 19.8 Å². The number of hydrogen-bond acceptors (Lipinski definition) is 5. The minimum atomic E-state index is -0.589. The first-order chi connectivity index (χ1) is 9.97. The van der Waals surface area contributed by atoms with E-state index in [4.69, 9.17) is 10.5 Å². The minimum absolute atomic E-state index is 0.00115. The summed E-state index contributed by atoms with van der Waals surface area (Å²) >= 11 is 0. The van der Waals surface area contributed by atoms with Crippen LogP contribution < -0.4 is 16.2 Å². The Balaban J connectivity index is 2.02. The number of benzene rings is 1. The van der Waals surface area contributed by atoms with Gasteiger partial charge in [-0.3, -0.25) is 9.78 Å². The molecule has 0 aliphatic carbocycles. The van der Waals surface area contributed by atoms with Crippen molar-refractivity contribution < 1.29 is 9.53 Å². The molecule has 1 heterocycles. The number of nitrogen functional groups attached to an aromatic ring is 1. The molecule has 6 nitrogen and oxygen atoms in total. The lowest BCUT2D eigenvalue weighted by atomic mass is 10.0. The summed E-state index contributed by atoms with van der Waals surface area (Å²) in [5.74, 6) is 0.694. The van der Waals surface area contributed by atoms with Gasteiger partial charge < -0.3 is 10.5 Å². The Bertz CT molecular complexity index is 690. The maximum absolute atomic E-state index is 12.0. The van der Waals surface area contributed by atoms with E-state index in [9.17, 15) is 9.59 Å². The summed E-state index contributed by atoms with van der Waals surface area (Å²) in [6.45, 7) is 4.04. The second-order valence-electron chi connectivity index (χ2n) is 4.95. The number of carbonyl (C=O) groups excluding carboxylic acids is 1. The fourth-order valence-corrected chi connectivity index (χ4v) is 1.81. The molecule has 1 aromatic carbocycles. The largest absolute Gasteiger partial charge is 0.485 e. The summed E-state index contributed by atoms with van der Waals surface area (Å²) in [4.78, 5) is 28.7. The van der Waals surface area contributed by atoms with Crippen LogP contribution in [0.15, 0.2) is 35.3 Å². The first kappa shape index (κ1) is 14.8. The molecule has 2 rings (SSSR count). The van der Waals surface area contributed by atoms with Crippen LogP contribution in [0.3, 0.4) is 0 Å². The van der Waals surface area contributed by atoms with Crippen LogP contribution in [0.4, 0.5) is 5.82 Å². The maximum Gasteiger partial charge on any atom is 0.346 e. The Morgan fingerprint density at radius 1 is 1.33 bits per heavy atom. The molecule has 1 aromatic heterocycles. The SMILES string of the molecule is CC(C)c1ccc(OCC(=O)c2cnc(=O)[nH]c2N)cc1. The zero-order chi connectivity index (χ0) is 15.4. The molecule has 21 heavy (non-hydrogen) atoms. The summed E-state index contributed by atoms with van der Waals surface area (Å²) in [6.07, 6.45) is 1.15. The highest BCUT2D eigenvalue weighted by Gasteiger charge is 2.12. The third-order valence-corrected chi connectivity index (χ3v) is 3.06. The lowest BCUT2D eigenvalue weighted by molar-refractivity contribution is 0.0921. The first-order valence-corrected chi connectivity index (χ1v) is 6.58. The number of Topliss-reactive ketones (excluding diaryl/α,β-unsaturated/α-hetero) is 1. The lowest BCUT2D eigenvalue weighted by Crippen LogP contribution is -2.19. The quantitative estimate of drug-likeness (QED) is 0.816. The number of aromatic amines is 1. The molecular formula is C15H17N3O3. The highest BCUT2D eigenvalue weighted by atomic mass is 16.5. The Kier molecular flexibility index (Phi) is 4.37. The maximum atomic E-state index is 12.0. The van der Waals surface area contributed by atoms with Gasteiger partial charge in [-0.25, -0.2) is 9.78 Å². The van der Waals surface area contributed by atoms with Crippen LogP contribution >= 0.6 is 0 Å². The van der Waals surface area contributed by atoms with E-state index < -0.39 is 5.69 Å². The monoisotopic (exact) mass is 287 g/mol. The van der Waals surface area contributed by atoms with Gasteiger partial charge in [0.2, 0.25) is 5.78 Å². The molecule has 0 aliphatic rings. The van der Waals surface area contributed by atoms with Crippen molar-refractivity contribution in [3.63, 3.8) is 0 Å². The summed E-state index contributed by atoms with van der Waals surface area (Å²) in [7, 11) is 0. The topological polar surface area (TPSA) is 98.1 Å². The average Bonchev–Trinajstić information content (AvgIpc) is 2.45. The Labute approximate surface area is 122 Å². The van der Waals surface area contributed by atoms with E-state index in [1.807, 2.05) is 24.3 Å². The Morgan fingerprint density at radius 2 is 2.00 bits per heavy atom. The summed E-state index contributed by atoms with van der Waals surface area (Å²) < 4.78 is 5.42. The number of H-pyrrole nitrogens is 1. The van der Waals surface area contributed by atoms with Crippen LogP contribution in [-0.4, -0.2) is 22.4 Å². The van der Waals surface area contributed by atoms with Gasteiger partial charge in [0.1, 0.15) is 11.6 Å². The van der Waals surface area contributed by atoms with Crippen molar-refractivity contribution in [2.75, 3.05) is 12.3 Å². The molecule has 0 bridgehead atoms. The van der Waals surface area contributed by atoms with Crippen LogP contribution in [0.25, 0.3) is 0 Å². The van der Waals surface area contributed by atoms with E-state index in [1.165, 1.54) is 5.56 Å². The van der Waals surface area contributed by atoms with Crippen molar-refractivity contribution >= 4 is 11.6 Å². The lowest BCUT2D eigenvalue weighted by Gasteiger charge is -2.09. The van der Waals surface area contributed by atoms with E-state index in [1.54, 1.807) is 0 Å². The predicted octanol–water partition coefficient (Wildman–Crippen LogP) is 1.74. The molecule has 0 radical (unpaired) electrons. The molecule has 0 fully saturated rings. The average molecular weight is 287 g/mol. The molecule has 2 aromatic rings. The number of aromatic nitrogens is 2. The molecule has 110 valence electrons. The van der Waals surface area contributed by atoms with E-state index in [0.717, 1.165) is 6.20 Å². The number of nitrogens with one attached hydrogen (secondary N) is 1. The van der Waals surface area contributed by atoms with Crippen molar-refractivity contribution in [2.24, 2.45) is 0 Å². The third kappa shape index (κ3) is 3.68. The van der Waals surface area contributed by atoms with Crippen molar-refractivity contribution in [1.82, 2.24) is 9.97 Å². The summed E-state index contributed by atoms with van der Waals surface area (Å²) in [5, 5.41) is 0. The number of anilines is 1. The summed E-state index contributed by atoms with van der Waals surface area (Å²) in [6, 6.07) is 7.55. The number of hydrogen-bond donors (Lipinski definition) is 2. The molecule has 0 aliphatic heterocycles. The summed E-state index contributed by atoms with van der Waals surface area (Å²) in [5.41, 5.74) is 6.33. The minimum Gasteiger partial charge on any atom is -0.485 e. The van der Waals surface area contributed by atoms with Gasteiger partial charge in [0.05, 0.1) is 5.56 Å². The number of ether oxygens (including phenoxy) is 1. The van der Waals surface area contributed by atoms with Gasteiger partial charge in [0.25, 0.3) is 0 Å². The van der Waals surface area contributed by atoms with Gasteiger partial charge in [0.15, 0.2) is 6.61 Å². The number of carbonyl (C=O) groups is 1. The Hall–Kier alpha value is -2.63. The van der Waals surface area contributed by atoms with E-state index in [0.29, 0.717) is 11.7 Å². The van der Waals surface area contributed by atoms with Gasteiger partial charge in [0, 0.05) is 6.20 Å². The zero-order valence-corrected chi connectivity index (χ0v) is 11.9. The first-order valence-electron chi connectivity index (χ1n) is 6.58. The van der Waals surface area contributed by atoms with Crippen LogP contribution in [0.5, 0.6) is 5.75 Å². The predicted molar refractivity (Wildman–Crippen MR) is 79.6 cm³/mol. The van der Waals surface area contributed by atoms with E-state index >= 15 is 0 Å². The molecule has 0 spiro atoms. The number of ketones is 1. The standard InChI is InChI=1S/C15H17N3O3/c1-9(2)10-3-5-11(6-4-10)21-8-13(19)12-7-17-15(20)18-14(12)16/h3-7,9H,8H2,1-2H3,(H3,16,17,18,20). The van der Waals surface area contributed by atoms with Gasteiger partial charge in [-0.1, -0.05) is 26.0 Å². The second kappa shape index (κ2) is 6.21. The van der Waals surface area contributed by atoms with Gasteiger partial charge in [-0.15, -0.1) is 0 Å². The molecule has 0 amide bonds. The fraction of sp³-hybridized carbons (Fsp3) is 0.267. The molecule has 0 atom stereocenters. The van der Waals surface area contributed by atoms with Crippen molar-refractivity contribution in [3.05, 3.63) is 52.1 Å². The third-order valence-electron chi connectivity index (χ3n) is 3.06. The van der Waals surface area contributed by atoms with E-state index in [-0.39, 0.29) is 23.8 Å².